The van der Waals surface area contributed by atoms with Crippen LogP contribution in [-0.4, -0.2) is 13.0 Å². The first-order valence-electron chi connectivity index (χ1n) is 11.2. The van der Waals surface area contributed by atoms with Crippen molar-refractivity contribution < 1.29 is 18.7 Å². The van der Waals surface area contributed by atoms with Crippen LogP contribution in [0.1, 0.15) is 28.7 Å². The average Bonchev–Trinajstić information content (AvgIpc) is 2.87. The van der Waals surface area contributed by atoms with E-state index in [0.717, 1.165) is 27.8 Å². The van der Waals surface area contributed by atoms with Crippen molar-refractivity contribution in [3.8, 4) is 11.5 Å². The number of benzene rings is 3. The third-order valence-electron chi connectivity index (χ3n) is 5.76. The number of amides is 1. The first-order valence-corrected chi connectivity index (χ1v) is 11.2. The summed E-state index contributed by atoms with van der Waals surface area (Å²) in [7, 11) is 1.56. The third-order valence-corrected chi connectivity index (χ3v) is 5.76. The van der Waals surface area contributed by atoms with E-state index in [1.165, 1.54) is 0 Å². The Balaban J connectivity index is 1.29. The second-order valence-corrected chi connectivity index (χ2v) is 8.05. The smallest absolute Gasteiger partial charge is 0.339 e. The molecule has 0 aliphatic rings. The number of nitrogens with one attached hydrogen (secondary N) is 1. The Labute approximate surface area is 198 Å². The van der Waals surface area contributed by atoms with Gasteiger partial charge in [0.15, 0.2) is 0 Å². The lowest BCUT2D eigenvalue weighted by Crippen LogP contribution is -2.24. The number of hydrogen-bond donors (Lipinski definition) is 1. The van der Waals surface area contributed by atoms with Gasteiger partial charge in [0.1, 0.15) is 23.7 Å². The molecule has 0 aliphatic heterocycles. The summed E-state index contributed by atoms with van der Waals surface area (Å²) in [4.78, 5) is 24.9. The normalized spacial score (nSPS) is 10.8. The van der Waals surface area contributed by atoms with Crippen LogP contribution in [0.15, 0.2) is 82.0 Å². The molecule has 0 aliphatic carbocycles. The van der Waals surface area contributed by atoms with Crippen LogP contribution < -0.4 is 20.4 Å². The molecule has 3 aromatic carbocycles. The molecule has 0 bridgehead atoms. The van der Waals surface area contributed by atoms with Gasteiger partial charge in [-0.05, 0) is 54.3 Å². The lowest BCUT2D eigenvalue weighted by atomic mass is 10.0. The summed E-state index contributed by atoms with van der Waals surface area (Å²) < 4.78 is 16.4. The van der Waals surface area contributed by atoms with E-state index in [-0.39, 0.29) is 12.3 Å². The van der Waals surface area contributed by atoms with E-state index >= 15 is 0 Å². The number of fused-ring (bicyclic) bond motifs is 1. The number of aryl methyl sites for hydroxylation is 1. The molecule has 6 nitrogen and oxygen atoms in total. The number of methoxy groups -OCH3 is 1. The zero-order valence-corrected chi connectivity index (χ0v) is 19.3. The highest BCUT2D eigenvalue weighted by Gasteiger charge is 2.13. The van der Waals surface area contributed by atoms with Crippen LogP contribution in [0, 0.1) is 6.92 Å². The van der Waals surface area contributed by atoms with Gasteiger partial charge >= 0.3 is 5.63 Å². The molecule has 0 saturated carbocycles. The lowest BCUT2D eigenvalue weighted by molar-refractivity contribution is -0.121. The Kier molecular flexibility index (Phi) is 7.28. The van der Waals surface area contributed by atoms with Crippen molar-refractivity contribution in [2.75, 3.05) is 7.11 Å². The van der Waals surface area contributed by atoms with Crippen LogP contribution in [0.4, 0.5) is 0 Å². The third kappa shape index (κ3) is 5.64. The van der Waals surface area contributed by atoms with E-state index in [2.05, 4.69) is 5.32 Å². The Morgan fingerprint density at radius 3 is 2.41 bits per heavy atom. The minimum absolute atomic E-state index is 0.127. The summed E-state index contributed by atoms with van der Waals surface area (Å²) in [6.07, 6.45) is 0.514. The number of hydrogen-bond acceptors (Lipinski definition) is 5. The van der Waals surface area contributed by atoms with Crippen LogP contribution in [0.25, 0.3) is 11.0 Å². The van der Waals surface area contributed by atoms with Gasteiger partial charge < -0.3 is 19.2 Å². The highest BCUT2D eigenvalue weighted by atomic mass is 16.5. The molecule has 1 amide bonds. The monoisotopic (exact) mass is 457 g/mol. The fourth-order valence-corrected chi connectivity index (χ4v) is 3.76. The summed E-state index contributed by atoms with van der Waals surface area (Å²) >= 11 is 0. The fourth-order valence-electron chi connectivity index (χ4n) is 3.76. The Morgan fingerprint density at radius 1 is 0.941 bits per heavy atom. The minimum Gasteiger partial charge on any atom is -0.497 e. The molecule has 174 valence electrons. The second-order valence-electron chi connectivity index (χ2n) is 8.05. The molecule has 34 heavy (non-hydrogen) atoms. The molecule has 1 heterocycles. The highest BCUT2D eigenvalue weighted by Crippen LogP contribution is 2.24. The van der Waals surface area contributed by atoms with E-state index in [9.17, 15) is 9.59 Å². The van der Waals surface area contributed by atoms with Crippen molar-refractivity contribution in [1.29, 1.82) is 0 Å². The molecule has 4 aromatic rings. The van der Waals surface area contributed by atoms with Crippen molar-refractivity contribution in [2.24, 2.45) is 0 Å². The van der Waals surface area contributed by atoms with Gasteiger partial charge in [-0.15, -0.1) is 0 Å². The average molecular weight is 458 g/mol. The molecule has 1 aromatic heterocycles. The number of rotatable bonds is 9. The Hall–Kier alpha value is -4.06. The van der Waals surface area contributed by atoms with Gasteiger partial charge in [-0.2, -0.15) is 0 Å². The van der Waals surface area contributed by atoms with Gasteiger partial charge in [0.25, 0.3) is 0 Å². The summed E-state index contributed by atoms with van der Waals surface area (Å²) in [5.74, 6) is 1.27. The van der Waals surface area contributed by atoms with E-state index < -0.39 is 5.63 Å². The van der Waals surface area contributed by atoms with Crippen molar-refractivity contribution in [3.05, 3.63) is 105 Å². The fraction of sp³-hybridized carbons (Fsp3) is 0.214. The van der Waals surface area contributed by atoms with Crippen molar-refractivity contribution >= 4 is 16.9 Å². The van der Waals surface area contributed by atoms with Gasteiger partial charge in [0.2, 0.25) is 5.91 Å². The van der Waals surface area contributed by atoms with Crippen LogP contribution in [0.3, 0.4) is 0 Å². The van der Waals surface area contributed by atoms with Crippen molar-refractivity contribution in [2.45, 2.75) is 32.9 Å². The molecule has 1 N–H and O–H groups in total. The molecule has 6 heteroatoms. The Morgan fingerprint density at radius 2 is 1.68 bits per heavy atom. The number of carbonyl (C=O) groups excluding carboxylic acids is 1. The van der Waals surface area contributed by atoms with Crippen LogP contribution >= 0.6 is 0 Å². The molecule has 4 rings (SSSR count). The van der Waals surface area contributed by atoms with E-state index in [4.69, 9.17) is 13.9 Å². The molecule has 0 spiro atoms. The van der Waals surface area contributed by atoms with Crippen molar-refractivity contribution in [1.82, 2.24) is 5.32 Å². The van der Waals surface area contributed by atoms with Crippen molar-refractivity contribution in [3.63, 3.8) is 0 Å². The standard InChI is InChI=1S/C28H27NO5/c1-19-24-13-12-23(32-2)16-26(24)34-28(31)25(19)14-15-27(30)29-17-20-8-10-22(11-9-20)33-18-21-6-4-3-5-7-21/h3-13,16H,14-15,17-18H2,1-2H3,(H,29,30). The maximum absolute atomic E-state index is 12.5. The largest absolute Gasteiger partial charge is 0.497 e. The zero-order valence-electron chi connectivity index (χ0n) is 19.3. The molecular weight excluding hydrogens is 430 g/mol. The first kappa shape index (κ1) is 23.1. The maximum atomic E-state index is 12.5. The second kappa shape index (κ2) is 10.7. The quantitative estimate of drug-likeness (QED) is 0.360. The molecule has 0 saturated heterocycles. The van der Waals surface area contributed by atoms with Crippen LogP contribution in [-0.2, 0) is 24.4 Å². The van der Waals surface area contributed by atoms with Crippen LogP contribution in [0.2, 0.25) is 0 Å². The zero-order chi connectivity index (χ0) is 23.9. The summed E-state index contributed by atoms with van der Waals surface area (Å²) in [6.45, 7) is 2.79. The highest BCUT2D eigenvalue weighted by molar-refractivity contribution is 5.82. The molecule has 0 atom stereocenters. The topological polar surface area (TPSA) is 77.8 Å². The van der Waals surface area contributed by atoms with E-state index in [1.54, 1.807) is 13.2 Å². The van der Waals surface area contributed by atoms with Gasteiger partial charge in [-0.25, -0.2) is 4.79 Å². The van der Waals surface area contributed by atoms with Gasteiger partial charge in [-0.1, -0.05) is 42.5 Å². The summed E-state index contributed by atoms with van der Waals surface area (Å²) in [5.41, 5.74) is 3.48. The molecule has 0 fully saturated rings. The van der Waals surface area contributed by atoms with Gasteiger partial charge in [0, 0.05) is 30.0 Å². The SMILES string of the molecule is COc1ccc2c(C)c(CCC(=O)NCc3ccc(OCc4ccccc4)cc3)c(=O)oc2c1. The van der Waals surface area contributed by atoms with E-state index in [1.807, 2.05) is 73.7 Å². The number of ether oxygens (including phenoxy) is 2. The van der Waals surface area contributed by atoms with E-state index in [0.29, 0.717) is 36.5 Å². The lowest BCUT2D eigenvalue weighted by Gasteiger charge is -2.10. The predicted octanol–water partition coefficient (Wildman–Crippen LogP) is 4.94. The maximum Gasteiger partial charge on any atom is 0.339 e. The minimum atomic E-state index is -0.419. The number of carbonyl (C=O) groups is 1. The van der Waals surface area contributed by atoms with Gasteiger partial charge in [0.05, 0.1) is 7.11 Å². The summed E-state index contributed by atoms with van der Waals surface area (Å²) in [5, 5.41) is 3.75. The summed E-state index contributed by atoms with van der Waals surface area (Å²) in [6, 6.07) is 23.0. The first-order chi connectivity index (χ1) is 16.5. The molecular formula is C28H27NO5. The van der Waals surface area contributed by atoms with Gasteiger partial charge in [-0.3, -0.25) is 4.79 Å². The predicted molar refractivity (Wildman–Crippen MR) is 131 cm³/mol. The Bertz CT molecular complexity index is 1330. The molecule has 0 unspecified atom stereocenters. The van der Waals surface area contributed by atoms with Crippen LogP contribution in [0.5, 0.6) is 11.5 Å². The molecule has 0 radical (unpaired) electrons.